The van der Waals surface area contributed by atoms with E-state index in [-0.39, 0.29) is 0 Å². The molecule has 1 aliphatic heterocycles. The maximum Gasteiger partial charge on any atom is 0.0543 e. The van der Waals surface area contributed by atoms with Gasteiger partial charge in [0.25, 0.3) is 0 Å². The Morgan fingerprint density at radius 2 is 1.95 bits per heavy atom. The van der Waals surface area contributed by atoms with E-state index >= 15 is 0 Å². The van der Waals surface area contributed by atoms with E-state index in [0.29, 0.717) is 12.6 Å². The van der Waals surface area contributed by atoms with E-state index in [4.69, 9.17) is 5.73 Å². The SMILES string of the molecule is CSc1cccc(N2CCCC2c2ccccc2)c1CN. The summed E-state index contributed by atoms with van der Waals surface area (Å²) in [6.07, 6.45) is 4.58. The summed E-state index contributed by atoms with van der Waals surface area (Å²) in [7, 11) is 0. The number of anilines is 1. The second-order valence-corrected chi connectivity index (χ2v) is 6.27. The van der Waals surface area contributed by atoms with Gasteiger partial charge in [-0.2, -0.15) is 0 Å². The van der Waals surface area contributed by atoms with Crippen molar-refractivity contribution in [2.24, 2.45) is 5.73 Å². The van der Waals surface area contributed by atoms with Crippen LogP contribution in [-0.2, 0) is 6.54 Å². The molecule has 0 saturated carbocycles. The highest BCUT2D eigenvalue weighted by atomic mass is 32.2. The standard InChI is InChI=1S/C18H22N2S/c1-21-18-11-5-9-17(15(18)13-19)20-12-6-10-16(20)14-7-3-2-4-8-14/h2-5,7-9,11,16H,6,10,12-13,19H2,1H3. The molecule has 2 nitrogen and oxygen atoms in total. The predicted octanol–water partition coefficient (Wildman–Crippen LogP) is 4.21. The summed E-state index contributed by atoms with van der Waals surface area (Å²) in [6.45, 7) is 1.72. The second-order valence-electron chi connectivity index (χ2n) is 5.42. The summed E-state index contributed by atoms with van der Waals surface area (Å²) in [5.74, 6) is 0. The van der Waals surface area contributed by atoms with Crippen LogP contribution < -0.4 is 10.6 Å². The van der Waals surface area contributed by atoms with Crippen molar-refractivity contribution in [1.29, 1.82) is 0 Å². The third kappa shape index (κ3) is 2.81. The summed E-state index contributed by atoms with van der Waals surface area (Å²) < 4.78 is 0. The number of nitrogens with zero attached hydrogens (tertiary/aromatic N) is 1. The van der Waals surface area contributed by atoms with Crippen LogP contribution in [0.2, 0.25) is 0 Å². The number of nitrogens with two attached hydrogens (primary N) is 1. The molecule has 0 radical (unpaired) electrons. The van der Waals surface area contributed by atoms with E-state index in [1.165, 1.54) is 34.6 Å². The van der Waals surface area contributed by atoms with Gasteiger partial charge in [0, 0.05) is 29.2 Å². The number of benzene rings is 2. The van der Waals surface area contributed by atoms with Gasteiger partial charge in [0.1, 0.15) is 0 Å². The van der Waals surface area contributed by atoms with Crippen molar-refractivity contribution in [1.82, 2.24) is 0 Å². The zero-order valence-electron chi connectivity index (χ0n) is 12.5. The predicted molar refractivity (Wildman–Crippen MR) is 91.9 cm³/mol. The Hall–Kier alpha value is -1.45. The minimum Gasteiger partial charge on any atom is -0.364 e. The number of thioether (sulfide) groups is 1. The molecule has 3 rings (SSSR count). The largest absolute Gasteiger partial charge is 0.364 e. The Kier molecular flexibility index (Phi) is 4.51. The second kappa shape index (κ2) is 6.54. The maximum absolute atomic E-state index is 6.04. The molecule has 0 bridgehead atoms. The third-order valence-electron chi connectivity index (χ3n) is 4.28. The molecule has 2 aromatic carbocycles. The molecule has 0 spiro atoms. The molecular weight excluding hydrogens is 276 g/mol. The van der Waals surface area contributed by atoms with Crippen LogP contribution >= 0.6 is 11.8 Å². The minimum atomic E-state index is 0.480. The molecule has 0 aliphatic carbocycles. The Morgan fingerprint density at radius 3 is 2.67 bits per heavy atom. The quantitative estimate of drug-likeness (QED) is 0.857. The van der Waals surface area contributed by atoms with E-state index in [1.54, 1.807) is 11.8 Å². The van der Waals surface area contributed by atoms with Crippen molar-refractivity contribution in [3.8, 4) is 0 Å². The van der Waals surface area contributed by atoms with Crippen LogP contribution in [0.25, 0.3) is 0 Å². The van der Waals surface area contributed by atoms with Crippen molar-refractivity contribution >= 4 is 17.4 Å². The Balaban J connectivity index is 1.99. The highest BCUT2D eigenvalue weighted by molar-refractivity contribution is 7.98. The molecular formula is C18H22N2S. The first kappa shape index (κ1) is 14.5. The number of hydrogen-bond donors (Lipinski definition) is 1. The highest BCUT2D eigenvalue weighted by Crippen LogP contribution is 2.39. The lowest BCUT2D eigenvalue weighted by molar-refractivity contribution is 0.714. The summed E-state index contributed by atoms with van der Waals surface area (Å²) in [5, 5.41) is 0. The van der Waals surface area contributed by atoms with Crippen LogP contribution in [0.1, 0.15) is 30.0 Å². The third-order valence-corrected chi connectivity index (χ3v) is 5.10. The fraction of sp³-hybridized carbons (Fsp3) is 0.333. The van der Waals surface area contributed by atoms with Crippen LogP contribution in [0.3, 0.4) is 0 Å². The van der Waals surface area contributed by atoms with Crippen molar-refractivity contribution < 1.29 is 0 Å². The van der Waals surface area contributed by atoms with E-state index in [9.17, 15) is 0 Å². The van der Waals surface area contributed by atoms with Gasteiger partial charge in [-0.3, -0.25) is 0 Å². The minimum absolute atomic E-state index is 0.480. The summed E-state index contributed by atoms with van der Waals surface area (Å²) >= 11 is 1.78. The maximum atomic E-state index is 6.04. The van der Waals surface area contributed by atoms with Crippen molar-refractivity contribution in [2.45, 2.75) is 30.3 Å². The van der Waals surface area contributed by atoms with Gasteiger partial charge in [0.05, 0.1) is 6.04 Å². The van der Waals surface area contributed by atoms with Gasteiger partial charge >= 0.3 is 0 Å². The lowest BCUT2D eigenvalue weighted by Crippen LogP contribution is -2.24. The van der Waals surface area contributed by atoms with Gasteiger partial charge in [0.15, 0.2) is 0 Å². The van der Waals surface area contributed by atoms with E-state index < -0.39 is 0 Å². The lowest BCUT2D eigenvalue weighted by atomic mass is 10.0. The molecule has 1 heterocycles. The summed E-state index contributed by atoms with van der Waals surface area (Å²) in [6, 6.07) is 17.9. The molecule has 1 saturated heterocycles. The van der Waals surface area contributed by atoms with E-state index in [0.717, 1.165) is 6.54 Å². The van der Waals surface area contributed by atoms with Crippen LogP contribution in [0.4, 0.5) is 5.69 Å². The highest BCUT2D eigenvalue weighted by Gasteiger charge is 2.27. The molecule has 2 N–H and O–H groups in total. The smallest absolute Gasteiger partial charge is 0.0543 e. The van der Waals surface area contributed by atoms with Crippen molar-refractivity contribution in [3.63, 3.8) is 0 Å². The van der Waals surface area contributed by atoms with Gasteiger partial charge in [0.2, 0.25) is 0 Å². The van der Waals surface area contributed by atoms with Gasteiger partial charge in [-0.15, -0.1) is 11.8 Å². The van der Waals surface area contributed by atoms with Crippen LogP contribution in [0.5, 0.6) is 0 Å². The Morgan fingerprint density at radius 1 is 1.14 bits per heavy atom. The van der Waals surface area contributed by atoms with Gasteiger partial charge in [-0.1, -0.05) is 36.4 Å². The van der Waals surface area contributed by atoms with Gasteiger partial charge in [-0.25, -0.2) is 0 Å². The molecule has 1 aliphatic rings. The molecule has 21 heavy (non-hydrogen) atoms. The summed E-state index contributed by atoms with van der Waals surface area (Å²) in [5.41, 5.74) is 10.0. The van der Waals surface area contributed by atoms with E-state index in [2.05, 4.69) is 59.7 Å². The van der Waals surface area contributed by atoms with Crippen LogP contribution in [-0.4, -0.2) is 12.8 Å². The zero-order valence-corrected chi connectivity index (χ0v) is 13.3. The first-order chi connectivity index (χ1) is 10.3. The van der Waals surface area contributed by atoms with Crippen LogP contribution in [0.15, 0.2) is 53.4 Å². The molecule has 1 atom stereocenters. The first-order valence-electron chi connectivity index (χ1n) is 7.52. The normalized spacial score (nSPS) is 18.2. The van der Waals surface area contributed by atoms with Gasteiger partial charge < -0.3 is 10.6 Å². The van der Waals surface area contributed by atoms with E-state index in [1.807, 2.05) is 0 Å². The number of rotatable bonds is 4. The fourth-order valence-corrected chi connectivity index (χ4v) is 3.95. The summed E-state index contributed by atoms with van der Waals surface area (Å²) in [4.78, 5) is 3.84. The molecule has 1 fully saturated rings. The molecule has 0 amide bonds. The molecule has 1 unspecified atom stereocenters. The van der Waals surface area contributed by atoms with Crippen LogP contribution in [0, 0.1) is 0 Å². The Bertz CT molecular complexity index is 597. The average Bonchev–Trinajstić information content (AvgIpc) is 3.04. The molecule has 3 heteroatoms. The lowest BCUT2D eigenvalue weighted by Gasteiger charge is -2.30. The monoisotopic (exact) mass is 298 g/mol. The van der Waals surface area contributed by atoms with Gasteiger partial charge in [-0.05, 0) is 36.8 Å². The zero-order chi connectivity index (χ0) is 14.7. The first-order valence-corrected chi connectivity index (χ1v) is 8.75. The van der Waals surface area contributed by atoms with Crippen molar-refractivity contribution in [2.75, 3.05) is 17.7 Å². The Labute approximate surface area is 131 Å². The number of hydrogen-bond acceptors (Lipinski definition) is 3. The average molecular weight is 298 g/mol. The fourth-order valence-electron chi connectivity index (χ4n) is 3.30. The van der Waals surface area contributed by atoms with Crippen molar-refractivity contribution in [3.05, 3.63) is 59.7 Å². The molecule has 2 aromatic rings. The topological polar surface area (TPSA) is 29.3 Å². The molecule has 0 aromatic heterocycles. The molecule has 110 valence electrons.